The van der Waals surface area contributed by atoms with Crippen LogP contribution in [0.3, 0.4) is 0 Å². The summed E-state index contributed by atoms with van der Waals surface area (Å²) < 4.78 is 0. The predicted octanol–water partition coefficient (Wildman–Crippen LogP) is 1.12. The van der Waals surface area contributed by atoms with Crippen LogP contribution in [-0.4, -0.2) is 28.9 Å². The molecule has 78 valence electrons. The fourth-order valence-corrected chi connectivity index (χ4v) is 1.81. The maximum atomic E-state index is 11.8. The fraction of sp³-hybridized carbons (Fsp3) is 0.800. The highest BCUT2D eigenvalue weighted by Gasteiger charge is 2.47. The molecule has 0 aromatic heterocycles. The van der Waals surface area contributed by atoms with Gasteiger partial charge >= 0.3 is 6.03 Å². The van der Waals surface area contributed by atoms with Crippen LogP contribution in [0.25, 0.3) is 0 Å². The molecule has 1 saturated heterocycles. The number of carbonyl (C=O) groups is 2. The van der Waals surface area contributed by atoms with Crippen molar-refractivity contribution in [2.45, 2.75) is 45.2 Å². The van der Waals surface area contributed by atoms with Gasteiger partial charge in [0.25, 0.3) is 5.91 Å². The van der Waals surface area contributed by atoms with Crippen molar-refractivity contribution in [2.24, 2.45) is 5.92 Å². The van der Waals surface area contributed by atoms with E-state index in [-0.39, 0.29) is 29.9 Å². The molecule has 4 heteroatoms. The van der Waals surface area contributed by atoms with Crippen molar-refractivity contribution in [1.82, 2.24) is 10.2 Å². The number of nitrogens with one attached hydrogen (secondary N) is 1. The molecule has 14 heavy (non-hydrogen) atoms. The van der Waals surface area contributed by atoms with E-state index in [1.54, 1.807) is 0 Å². The number of amides is 3. The molecule has 1 aliphatic heterocycles. The third-order valence-electron chi connectivity index (χ3n) is 3.13. The minimum absolute atomic E-state index is 0.0214. The lowest BCUT2D eigenvalue weighted by Crippen LogP contribution is -2.36. The third kappa shape index (κ3) is 1.38. The molecule has 0 radical (unpaired) electrons. The molecule has 2 unspecified atom stereocenters. The van der Waals surface area contributed by atoms with Crippen LogP contribution in [0.2, 0.25) is 0 Å². The normalized spacial score (nSPS) is 29.3. The van der Waals surface area contributed by atoms with Gasteiger partial charge in [0, 0.05) is 6.04 Å². The second-order valence-electron chi connectivity index (χ2n) is 4.25. The summed E-state index contributed by atoms with van der Waals surface area (Å²) in [7, 11) is 0. The highest BCUT2D eigenvalue weighted by Crippen LogP contribution is 2.31. The quantitative estimate of drug-likeness (QED) is 0.687. The minimum atomic E-state index is -0.284. The number of rotatable bonds is 3. The molecule has 0 aromatic rings. The summed E-state index contributed by atoms with van der Waals surface area (Å²) in [5, 5.41) is 2.76. The van der Waals surface area contributed by atoms with Crippen molar-refractivity contribution in [1.29, 1.82) is 0 Å². The summed E-state index contributed by atoms with van der Waals surface area (Å²) in [5.74, 6) is 0.210. The van der Waals surface area contributed by atoms with E-state index in [1.165, 1.54) is 4.90 Å². The van der Waals surface area contributed by atoms with Gasteiger partial charge < -0.3 is 5.32 Å². The highest BCUT2D eigenvalue weighted by molar-refractivity contribution is 6.04. The standard InChI is InChI=1S/C10H16N2O2/c1-3-6(2)8-9(13)12(7-4-5-7)10(14)11-8/h6-8H,3-5H2,1-2H3,(H,11,14). The molecule has 1 heterocycles. The van der Waals surface area contributed by atoms with Gasteiger partial charge in [-0.05, 0) is 18.8 Å². The van der Waals surface area contributed by atoms with E-state index < -0.39 is 0 Å². The number of carbonyl (C=O) groups excluding carboxylic acids is 2. The van der Waals surface area contributed by atoms with Gasteiger partial charge in [-0.3, -0.25) is 9.69 Å². The molecule has 0 aromatic carbocycles. The van der Waals surface area contributed by atoms with Crippen LogP contribution >= 0.6 is 0 Å². The first-order valence-corrected chi connectivity index (χ1v) is 5.28. The van der Waals surface area contributed by atoms with Gasteiger partial charge in [0.1, 0.15) is 6.04 Å². The Kier molecular flexibility index (Phi) is 2.21. The molecular weight excluding hydrogens is 180 g/mol. The number of urea groups is 1. The molecule has 0 spiro atoms. The second-order valence-corrected chi connectivity index (χ2v) is 4.25. The molecular formula is C10H16N2O2. The molecule has 1 saturated carbocycles. The van der Waals surface area contributed by atoms with Crippen molar-refractivity contribution in [3.8, 4) is 0 Å². The summed E-state index contributed by atoms with van der Waals surface area (Å²) >= 11 is 0. The maximum Gasteiger partial charge on any atom is 0.325 e. The Balaban J connectivity index is 2.10. The molecule has 1 aliphatic carbocycles. The average Bonchev–Trinajstić information content (AvgIpc) is 2.93. The summed E-state index contributed by atoms with van der Waals surface area (Å²) in [6.07, 6.45) is 2.87. The average molecular weight is 196 g/mol. The summed E-state index contributed by atoms with van der Waals surface area (Å²) in [4.78, 5) is 24.7. The van der Waals surface area contributed by atoms with E-state index in [0.29, 0.717) is 0 Å². The number of hydrogen-bond acceptors (Lipinski definition) is 2. The summed E-state index contributed by atoms with van der Waals surface area (Å²) in [5.41, 5.74) is 0. The van der Waals surface area contributed by atoms with Crippen molar-refractivity contribution in [2.75, 3.05) is 0 Å². The monoisotopic (exact) mass is 196 g/mol. The Hall–Kier alpha value is -1.06. The molecule has 3 amide bonds. The van der Waals surface area contributed by atoms with Crippen molar-refractivity contribution >= 4 is 11.9 Å². The van der Waals surface area contributed by atoms with E-state index in [4.69, 9.17) is 0 Å². The lowest BCUT2D eigenvalue weighted by atomic mass is 9.99. The first-order chi connectivity index (χ1) is 6.65. The van der Waals surface area contributed by atoms with E-state index in [0.717, 1.165) is 19.3 Å². The van der Waals surface area contributed by atoms with Gasteiger partial charge in [-0.1, -0.05) is 20.3 Å². The zero-order valence-corrected chi connectivity index (χ0v) is 8.62. The van der Waals surface area contributed by atoms with Crippen LogP contribution in [0.15, 0.2) is 0 Å². The van der Waals surface area contributed by atoms with Gasteiger partial charge in [0.05, 0.1) is 0 Å². The lowest BCUT2D eigenvalue weighted by Gasteiger charge is -2.15. The molecule has 2 aliphatic rings. The molecule has 4 nitrogen and oxygen atoms in total. The van der Waals surface area contributed by atoms with Crippen LogP contribution in [0.5, 0.6) is 0 Å². The Morgan fingerprint density at radius 3 is 2.64 bits per heavy atom. The summed E-state index contributed by atoms with van der Waals surface area (Å²) in [6, 6.07) is -0.285. The number of hydrogen-bond donors (Lipinski definition) is 1. The van der Waals surface area contributed by atoms with Gasteiger partial charge in [-0.2, -0.15) is 0 Å². The molecule has 2 rings (SSSR count). The fourth-order valence-electron chi connectivity index (χ4n) is 1.81. The SMILES string of the molecule is CCC(C)C1NC(=O)N(C2CC2)C1=O. The largest absolute Gasteiger partial charge is 0.326 e. The van der Waals surface area contributed by atoms with E-state index in [1.807, 2.05) is 13.8 Å². The van der Waals surface area contributed by atoms with Crippen molar-refractivity contribution in [3.05, 3.63) is 0 Å². The van der Waals surface area contributed by atoms with Crippen LogP contribution in [-0.2, 0) is 4.79 Å². The molecule has 1 N–H and O–H groups in total. The van der Waals surface area contributed by atoms with Crippen LogP contribution < -0.4 is 5.32 Å². The van der Waals surface area contributed by atoms with Gasteiger partial charge in [0.15, 0.2) is 0 Å². The number of nitrogens with zero attached hydrogens (tertiary/aromatic N) is 1. The Morgan fingerprint density at radius 2 is 2.14 bits per heavy atom. The van der Waals surface area contributed by atoms with Crippen molar-refractivity contribution in [3.63, 3.8) is 0 Å². The predicted molar refractivity (Wildman–Crippen MR) is 51.6 cm³/mol. The van der Waals surface area contributed by atoms with Crippen LogP contribution in [0, 0.1) is 5.92 Å². The Bertz CT molecular complexity index is 273. The molecule has 0 bridgehead atoms. The molecule has 2 fully saturated rings. The van der Waals surface area contributed by atoms with Crippen LogP contribution in [0.1, 0.15) is 33.1 Å². The van der Waals surface area contributed by atoms with E-state index in [9.17, 15) is 9.59 Å². The lowest BCUT2D eigenvalue weighted by molar-refractivity contribution is -0.128. The van der Waals surface area contributed by atoms with Gasteiger partial charge in [-0.25, -0.2) is 4.79 Å². The van der Waals surface area contributed by atoms with Gasteiger partial charge in [0.2, 0.25) is 0 Å². The topological polar surface area (TPSA) is 49.4 Å². The smallest absolute Gasteiger partial charge is 0.325 e. The Morgan fingerprint density at radius 1 is 1.50 bits per heavy atom. The maximum absolute atomic E-state index is 11.8. The second kappa shape index (κ2) is 3.26. The van der Waals surface area contributed by atoms with E-state index >= 15 is 0 Å². The number of imide groups is 1. The summed E-state index contributed by atoms with van der Waals surface area (Å²) in [6.45, 7) is 4.03. The molecule has 2 atom stereocenters. The first kappa shape index (κ1) is 9.49. The van der Waals surface area contributed by atoms with E-state index in [2.05, 4.69) is 5.32 Å². The Labute approximate surface area is 83.6 Å². The van der Waals surface area contributed by atoms with Crippen LogP contribution in [0.4, 0.5) is 4.79 Å². The first-order valence-electron chi connectivity index (χ1n) is 5.28. The third-order valence-corrected chi connectivity index (χ3v) is 3.13. The minimum Gasteiger partial charge on any atom is -0.326 e. The van der Waals surface area contributed by atoms with Crippen molar-refractivity contribution < 1.29 is 9.59 Å². The van der Waals surface area contributed by atoms with Gasteiger partial charge in [-0.15, -0.1) is 0 Å². The zero-order chi connectivity index (χ0) is 10.3. The highest BCUT2D eigenvalue weighted by atomic mass is 16.2. The zero-order valence-electron chi connectivity index (χ0n) is 8.62.